The zero-order valence-electron chi connectivity index (χ0n) is 16.6. The highest BCUT2D eigenvalue weighted by atomic mass is 16.2. The predicted octanol–water partition coefficient (Wildman–Crippen LogP) is 1.97. The van der Waals surface area contributed by atoms with Crippen LogP contribution < -0.4 is 5.32 Å². The summed E-state index contributed by atoms with van der Waals surface area (Å²) in [4.78, 5) is 40.8. The van der Waals surface area contributed by atoms with Crippen molar-refractivity contribution in [3.63, 3.8) is 0 Å². The predicted molar refractivity (Wildman–Crippen MR) is 103 cm³/mol. The van der Waals surface area contributed by atoms with Gasteiger partial charge in [-0.3, -0.25) is 14.4 Å². The summed E-state index contributed by atoms with van der Waals surface area (Å²) >= 11 is 0. The standard InChI is InChI=1S/C21H29N3O3/c1-14(2)20(27)23-11-10-18-19(17-8-6-5-7-9-17)24(16(4)26)13-21(18,12-23)22-15(3)25/h5-9,14,18-19H,10-13H2,1-4H3,(H,22,25)/t18-,19-,21-/m1/s1. The van der Waals surface area contributed by atoms with Crippen LogP contribution in [0.4, 0.5) is 0 Å². The van der Waals surface area contributed by atoms with Crippen molar-refractivity contribution in [3.05, 3.63) is 35.9 Å². The first kappa shape index (κ1) is 19.4. The Bertz CT molecular complexity index is 733. The van der Waals surface area contributed by atoms with Crippen LogP contribution in [-0.2, 0) is 14.4 Å². The quantitative estimate of drug-likeness (QED) is 0.883. The van der Waals surface area contributed by atoms with Crippen LogP contribution in [0.2, 0.25) is 0 Å². The van der Waals surface area contributed by atoms with Gasteiger partial charge in [-0.1, -0.05) is 44.2 Å². The maximum absolute atomic E-state index is 12.6. The minimum absolute atomic E-state index is 0.00952. The summed E-state index contributed by atoms with van der Waals surface area (Å²) in [5.74, 6) is -0.0634. The van der Waals surface area contributed by atoms with Gasteiger partial charge in [0, 0.05) is 45.3 Å². The Morgan fingerprint density at radius 1 is 1.11 bits per heavy atom. The number of carbonyl (C=O) groups is 3. The zero-order valence-corrected chi connectivity index (χ0v) is 16.6. The molecule has 0 radical (unpaired) electrons. The molecular weight excluding hydrogens is 342 g/mol. The Hall–Kier alpha value is -2.37. The van der Waals surface area contributed by atoms with E-state index >= 15 is 0 Å². The Labute approximate surface area is 160 Å². The zero-order chi connectivity index (χ0) is 19.8. The average molecular weight is 371 g/mol. The maximum Gasteiger partial charge on any atom is 0.225 e. The fourth-order valence-corrected chi connectivity index (χ4v) is 4.80. The van der Waals surface area contributed by atoms with Gasteiger partial charge in [-0.2, -0.15) is 0 Å². The Balaban J connectivity index is 2.01. The van der Waals surface area contributed by atoms with E-state index in [-0.39, 0.29) is 35.6 Å². The Morgan fingerprint density at radius 2 is 1.78 bits per heavy atom. The molecule has 3 amide bonds. The summed E-state index contributed by atoms with van der Waals surface area (Å²) < 4.78 is 0. The number of hydrogen-bond acceptors (Lipinski definition) is 3. The van der Waals surface area contributed by atoms with Crippen LogP contribution in [0.15, 0.2) is 30.3 Å². The summed E-state index contributed by atoms with van der Waals surface area (Å²) in [6.45, 7) is 8.38. The fourth-order valence-electron chi connectivity index (χ4n) is 4.80. The number of carbonyl (C=O) groups excluding carboxylic acids is 3. The van der Waals surface area contributed by atoms with Gasteiger partial charge in [-0.05, 0) is 12.0 Å². The van der Waals surface area contributed by atoms with E-state index in [1.54, 1.807) is 6.92 Å². The van der Waals surface area contributed by atoms with Crippen molar-refractivity contribution in [2.75, 3.05) is 19.6 Å². The average Bonchev–Trinajstić information content (AvgIpc) is 2.95. The molecule has 3 rings (SSSR count). The normalized spacial score (nSPS) is 27.4. The first-order valence-corrected chi connectivity index (χ1v) is 9.65. The molecule has 2 aliphatic heterocycles. The summed E-state index contributed by atoms with van der Waals surface area (Å²) in [7, 11) is 0. The summed E-state index contributed by atoms with van der Waals surface area (Å²) in [5, 5.41) is 3.14. The Kier molecular flexibility index (Phi) is 5.27. The van der Waals surface area contributed by atoms with Gasteiger partial charge in [0.15, 0.2) is 0 Å². The summed E-state index contributed by atoms with van der Waals surface area (Å²) in [5.41, 5.74) is 0.467. The van der Waals surface area contributed by atoms with Crippen LogP contribution in [0.5, 0.6) is 0 Å². The molecule has 3 atom stereocenters. The van der Waals surface area contributed by atoms with Crippen LogP contribution in [0, 0.1) is 11.8 Å². The molecule has 2 aliphatic rings. The second-order valence-electron chi connectivity index (χ2n) is 8.15. The number of nitrogens with zero attached hydrogens (tertiary/aromatic N) is 2. The number of likely N-dealkylation sites (tertiary alicyclic amines) is 2. The van der Waals surface area contributed by atoms with Gasteiger partial charge in [0.2, 0.25) is 17.7 Å². The van der Waals surface area contributed by atoms with Gasteiger partial charge in [0.1, 0.15) is 0 Å². The second-order valence-corrected chi connectivity index (χ2v) is 8.15. The first-order chi connectivity index (χ1) is 12.7. The largest absolute Gasteiger partial charge is 0.347 e. The lowest BCUT2D eigenvalue weighted by Crippen LogP contribution is -2.64. The summed E-state index contributed by atoms with van der Waals surface area (Å²) in [6.07, 6.45) is 0.752. The van der Waals surface area contributed by atoms with Crippen molar-refractivity contribution >= 4 is 17.7 Å². The number of amides is 3. The van der Waals surface area contributed by atoms with E-state index in [2.05, 4.69) is 5.32 Å². The van der Waals surface area contributed by atoms with E-state index in [1.165, 1.54) is 6.92 Å². The summed E-state index contributed by atoms with van der Waals surface area (Å²) in [6, 6.07) is 9.90. The molecule has 1 aromatic carbocycles. The SMILES string of the molecule is CC(=O)N[C@@]12CN(C(=O)C(C)C)CC[C@@H]1[C@@H](c1ccccc1)N(C(C)=O)C2. The smallest absolute Gasteiger partial charge is 0.225 e. The van der Waals surface area contributed by atoms with Gasteiger partial charge in [0.05, 0.1) is 11.6 Å². The van der Waals surface area contributed by atoms with E-state index in [4.69, 9.17) is 0 Å². The van der Waals surface area contributed by atoms with E-state index in [0.717, 1.165) is 12.0 Å². The van der Waals surface area contributed by atoms with Gasteiger partial charge < -0.3 is 15.1 Å². The molecule has 1 aromatic rings. The topological polar surface area (TPSA) is 69.7 Å². The number of fused-ring (bicyclic) bond motifs is 1. The molecule has 0 aromatic heterocycles. The maximum atomic E-state index is 12.6. The molecule has 0 bridgehead atoms. The third-order valence-corrected chi connectivity index (χ3v) is 5.84. The number of piperidine rings is 1. The van der Waals surface area contributed by atoms with Crippen LogP contribution in [0.25, 0.3) is 0 Å². The van der Waals surface area contributed by atoms with E-state index in [9.17, 15) is 14.4 Å². The van der Waals surface area contributed by atoms with Crippen molar-refractivity contribution in [2.24, 2.45) is 11.8 Å². The van der Waals surface area contributed by atoms with Crippen LogP contribution in [-0.4, -0.2) is 52.7 Å². The third kappa shape index (κ3) is 3.57. The third-order valence-electron chi connectivity index (χ3n) is 5.84. The highest BCUT2D eigenvalue weighted by Gasteiger charge is 2.57. The molecule has 6 nitrogen and oxygen atoms in total. The molecule has 146 valence electrons. The lowest BCUT2D eigenvalue weighted by molar-refractivity contribution is -0.139. The van der Waals surface area contributed by atoms with Gasteiger partial charge in [-0.15, -0.1) is 0 Å². The van der Waals surface area contributed by atoms with Crippen molar-refractivity contribution in [1.29, 1.82) is 0 Å². The molecule has 0 spiro atoms. The Morgan fingerprint density at radius 3 is 2.33 bits per heavy atom. The molecule has 0 saturated carbocycles. The highest BCUT2D eigenvalue weighted by Crippen LogP contribution is 2.47. The van der Waals surface area contributed by atoms with E-state index in [0.29, 0.717) is 19.6 Å². The monoisotopic (exact) mass is 371 g/mol. The molecule has 27 heavy (non-hydrogen) atoms. The fraction of sp³-hybridized carbons (Fsp3) is 0.571. The molecule has 6 heteroatoms. The van der Waals surface area contributed by atoms with Crippen molar-refractivity contribution in [1.82, 2.24) is 15.1 Å². The van der Waals surface area contributed by atoms with Gasteiger partial charge in [0.25, 0.3) is 0 Å². The molecule has 0 aliphatic carbocycles. The van der Waals surface area contributed by atoms with E-state index in [1.807, 2.05) is 54.0 Å². The lowest BCUT2D eigenvalue weighted by Gasteiger charge is -2.45. The molecule has 1 N–H and O–H groups in total. The minimum Gasteiger partial charge on any atom is -0.347 e. The van der Waals surface area contributed by atoms with Crippen molar-refractivity contribution in [2.45, 2.75) is 45.7 Å². The molecule has 2 fully saturated rings. The molecule has 0 unspecified atom stereocenters. The highest BCUT2D eigenvalue weighted by molar-refractivity contribution is 5.80. The lowest BCUT2D eigenvalue weighted by atomic mass is 9.75. The number of benzene rings is 1. The van der Waals surface area contributed by atoms with Gasteiger partial charge in [-0.25, -0.2) is 0 Å². The van der Waals surface area contributed by atoms with Crippen molar-refractivity contribution in [3.8, 4) is 0 Å². The minimum atomic E-state index is -0.610. The first-order valence-electron chi connectivity index (χ1n) is 9.65. The molecular formula is C21H29N3O3. The molecule has 2 saturated heterocycles. The van der Waals surface area contributed by atoms with Crippen LogP contribution >= 0.6 is 0 Å². The van der Waals surface area contributed by atoms with Gasteiger partial charge >= 0.3 is 0 Å². The molecule has 2 heterocycles. The van der Waals surface area contributed by atoms with E-state index < -0.39 is 5.54 Å². The number of hydrogen-bond donors (Lipinski definition) is 1. The van der Waals surface area contributed by atoms with Crippen LogP contribution in [0.1, 0.15) is 45.7 Å². The van der Waals surface area contributed by atoms with Crippen LogP contribution in [0.3, 0.4) is 0 Å². The van der Waals surface area contributed by atoms with Crippen molar-refractivity contribution < 1.29 is 14.4 Å². The number of nitrogens with one attached hydrogen (secondary N) is 1. The number of rotatable bonds is 3. The second kappa shape index (κ2) is 7.33.